The van der Waals surface area contributed by atoms with Gasteiger partial charge in [-0.3, -0.25) is 19.8 Å². The largest absolute Gasteiger partial charge is 0.478 e. The molecule has 0 saturated carbocycles. The van der Waals surface area contributed by atoms with E-state index in [1.807, 2.05) is 11.4 Å². The number of thiophene rings is 1. The van der Waals surface area contributed by atoms with Crippen LogP contribution in [0, 0.1) is 0 Å². The molecule has 0 radical (unpaired) electrons. The smallest absolute Gasteiger partial charge is 0.328 e. The molecule has 1 aliphatic heterocycles. The molecule has 2 N–H and O–H groups in total. The Labute approximate surface area is 113 Å². The molecule has 100 valence electrons. The average molecular weight is 280 g/mol. The number of carboxylic acids is 1. The molecular weight excluding hydrogens is 268 g/mol. The van der Waals surface area contributed by atoms with Gasteiger partial charge in [0.2, 0.25) is 11.8 Å². The van der Waals surface area contributed by atoms with E-state index in [-0.39, 0.29) is 24.9 Å². The van der Waals surface area contributed by atoms with Gasteiger partial charge in [0.1, 0.15) is 0 Å². The van der Waals surface area contributed by atoms with Gasteiger partial charge >= 0.3 is 5.97 Å². The minimum atomic E-state index is -0.994. The van der Waals surface area contributed by atoms with Crippen molar-refractivity contribution in [2.45, 2.75) is 6.54 Å². The van der Waals surface area contributed by atoms with E-state index in [4.69, 9.17) is 5.11 Å². The van der Waals surface area contributed by atoms with Crippen molar-refractivity contribution < 1.29 is 19.5 Å². The van der Waals surface area contributed by atoms with Crippen molar-refractivity contribution in [3.63, 3.8) is 0 Å². The second-order valence-electron chi connectivity index (χ2n) is 4.13. The van der Waals surface area contributed by atoms with Gasteiger partial charge in [0.05, 0.1) is 13.1 Å². The van der Waals surface area contributed by atoms with Gasteiger partial charge in [-0.2, -0.15) is 0 Å². The van der Waals surface area contributed by atoms with Crippen molar-refractivity contribution in [1.29, 1.82) is 0 Å². The van der Waals surface area contributed by atoms with Crippen molar-refractivity contribution in [1.82, 2.24) is 10.2 Å². The van der Waals surface area contributed by atoms with Crippen LogP contribution in [0.15, 0.2) is 17.5 Å². The van der Waals surface area contributed by atoms with Crippen LogP contribution in [0.5, 0.6) is 0 Å². The van der Waals surface area contributed by atoms with Crippen LogP contribution in [0.4, 0.5) is 0 Å². The first-order valence-electron chi connectivity index (χ1n) is 5.56. The highest BCUT2D eigenvalue weighted by Crippen LogP contribution is 2.18. The number of carbonyl (C=O) groups is 3. The predicted octanol–water partition coefficient (Wildman–Crippen LogP) is 0.304. The summed E-state index contributed by atoms with van der Waals surface area (Å²) >= 11 is 1.47. The summed E-state index contributed by atoms with van der Waals surface area (Å²) in [4.78, 5) is 35.5. The maximum atomic E-state index is 11.2. The number of amides is 2. The quantitative estimate of drug-likeness (QED) is 0.612. The lowest BCUT2D eigenvalue weighted by Gasteiger charge is -2.24. The molecule has 1 aliphatic rings. The number of carbonyl (C=O) groups excluding carboxylic acids is 2. The van der Waals surface area contributed by atoms with Crippen LogP contribution < -0.4 is 5.32 Å². The van der Waals surface area contributed by atoms with Gasteiger partial charge in [-0.15, -0.1) is 11.3 Å². The number of nitrogens with zero attached hydrogens (tertiary/aromatic N) is 1. The van der Waals surface area contributed by atoms with Crippen molar-refractivity contribution >= 4 is 35.2 Å². The molecule has 1 aromatic heterocycles. The summed E-state index contributed by atoms with van der Waals surface area (Å²) in [7, 11) is 0. The zero-order chi connectivity index (χ0) is 13.8. The van der Waals surface area contributed by atoms with E-state index < -0.39 is 5.97 Å². The second-order valence-corrected chi connectivity index (χ2v) is 5.13. The van der Waals surface area contributed by atoms with Gasteiger partial charge < -0.3 is 5.11 Å². The van der Waals surface area contributed by atoms with E-state index in [1.165, 1.54) is 17.4 Å². The third-order valence-electron chi connectivity index (χ3n) is 2.49. The zero-order valence-electron chi connectivity index (χ0n) is 9.96. The predicted molar refractivity (Wildman–Crippen MR) is 69.4 cm³/mol. The number of piperazine rings is 1. The van der Waals surface area contributed by atoms with Gasteiger partial charge in [-0.1, -0.05) is 0 Å². The number of imide groups is 1. The number of carboxylic acid groups (broad SMARTS) is 1. The molecule has 2 rings (SSSR count). The molecule has 6 nitrogen and oxygen atoms in total. The molecule has 2 amide bonds. The normalized spacial score (nSPS) is 16.8. The Hall–Kier alpha value is -1.99. The molecule has 19 heavy (non-hydrogen) atoms. The lowest BCUT2D eigenvalue weighted by Crippen LogP contribution is -2.50. The lowest BCUT2D eigenvalue weighted by molar-refractivity contribution is -0.136. The van der Waals surface area contributed by atoms with Crippen LogP contribution in [-0.4, -0.2) is 40.9 Å². The van der Waals surface area contributed by atoms with Crippen molar-refractivity contribution in [2.75, 3.05) is 13.1 Å². The Morgan fingerprint density at radius 2 is 2.11 bits per heavy atom. The fourth-order valence-corrected chi connectivity index (χ4v) is 2.66. The van der Waals surface area contributed by atoms with E-state index in [2.05, 4.69) is 5.32 Å². The molecule has 1 aromatic rings. The van der Waals surface area contributed by atoms with Crippen molar-refractivity contribution in [3.8, 4) is 0 Å². The van der Waals surface area contributed by atoms with Gasteiger partial charge in [0.25, 0.3) is 0 Å². The third-order valence-corrected chi connectivity index (χ3v) is 3.42. The molecule has 0 spiro atoms. The van der Waals surface area contributed by atoms with E-state index in [0.717, 1.165) is 16.5 Å². The van der Waals surface area contributed by atoms with Crippen LogP contribution >= 0.6 is 11.3 Å². The minimum Gasteiger partial charge on any atom is -0.478 e. The van der Waals surface area contributed by atoms with Crippen LogP contribution in [0.25, 0.3) is 6.08 Å². The molecule has 2 heterocycles. The molecule has 0 aliphatic carbocycles. The van der Waals surface area contributed by atoms with Crippen LogP contribution in [0.1, 0.15) is 10.4 Å². The zero-order valence-corrected chi connectivity index (χ0v) is 10.8. The Morgan fingerprint density at radius 1 is 1.42 bits per heavy atom. The maximum Gasteiger partial charge on any atom is 0.328 e. The molecule has 0 atom stereocenters. The Balaban J connectivity index is 1.98. The monoisotopic (exact) mass is 280 g/mol. The fourth-order valence-electron chi connectivity index (χ4n) is 1.76. The average Bonchev–Trinajstić information content (AvgIpc) is 2.72. The molecule has 0 unspecified atom stereocenters. The summed E-state index contributed by atoms with van der Waals surface area (Å²) in [5.41, 5.74) is 0.801. The van der Waals surface area contributed by atoms with Crippen LogP contribution in [-0.2, 0) is 20.9 Å². The summed E-state index contributed by atoms with van der Waals surface area (Å²) in [6, 6.07) is 1.85. The minimum absolute atomic E-state index is 0.198. The molecule has 1 fully saturated rings. The first-order valence-corrected chi connectivity index (χ1v) is 6.44. The summed E-state index contributed by atoms with van der Waals surface area (Å²) < 4.78 is 0. The third kappa shape index (κ3) is 4.01. The molecule has 0 bridgehead atoms. The van der Waals surface area contributed by atoms with Crippen molar-refractivity contribution in [2.24, 2.45) is 0 Å². The van der Waals surface area contributed by atoms with Gasteiger partial charge in [0, 0.05) is 17.5 Å². The van der Waals surface area contributed by atoms with Gasteiger partial charge in [-0.05, 0) is 23.1 Å². The number of aliphatic carboxylic acids is 1. The Kier molecular flexibility index (Phi) is 4.08. The van der Waals surface area contributed by atoms with E-state index in [0.29, 0.717) is 6.54 Å². The highest BCUT2D eigenvalue weighted by molar-refractivity contribution is 7.10. The lowest BCUT2D eigenvalue weighted by atomic mass is 10.2. The number of hydrogen-bond donors (Lipinski definition) is 2. The van der Waals surface area contributed by atoms with E-state index in [9.17, 15) is 14.4 Å². The number of rotatable bonds is 4. The topological polar surface area (TPSA) is 86.7 Å². The van der Waals surface area contributed by atoms with Gasteiger partial charge in [0.15, 0.2) is 0 Å². The van der Waals surface area contributed by atoms with Crippen molar-refractivity contribution in [3.05, 3.63) is 28.0 Å². The Bertz CT molecular complexity index is 534. The van der Waals surface area contributed by atoms with Gasteiger partial charge in [-0.25, -0.2) is 4.79 Å². The summed E-state index contributed by atoms with van der Waals surface area (Å²) in [5, 5.41) is 12.6. The van der Waals surface area contributed by atoms with E-state index in [1.54, 1.807) is 4.90 Å². The first-order chi connectivity index (χ1) is 9.02. The van der Waals surface area contributed by atoms with Crippen LogP contribution in [0.2, 0.25) is 0 Å². The number of hydrogen-bond acceptors (Lipinski definition) is 5. The highest BCUT2D eigenvalue weighted by atomic mass is 32.1. The highest BCUT2D eigenvalue weighted by Gasteiger charge is 2.22. The summed E-state index contributed by atoms with van der Waals surface area (Å²) in [6.07, 6.45) is 2.58. The first kappa shape index (κ1) is 13.4. The molecular formula is C12H12N2O4S. The summed E-state index contributed by atoms with van der Waals surface area (Å²) in [5.74, 6) is -1.58. The molecule has 0 aromatic carbocycles. The second kappa shape index (κ2) is 5.77. The number of nitrogens with one attached hydrogen (secondary N) is 1. The van der Waals surface area contributed by atoms with Crippen LogP contribution in [0.3, 0.4) is 0 Å². The standard InChI is InChI=1S/C12H12N2O4S/c15-10-5-14(6-11(16)13-10)4-9-3-8(7-19-9)1-2-12(17)18/h1-3,7H,4-6H2,(H,17,18)(H,13,15,16). The Morgan fingerprint density at radius 3 is 2.74 bits per heavy atom. The maximum absolute atomic E-state index is 11.2. The van der Waals surface area contributed by atoms with E-state index >= 15 is 0 Å². The summed E-state index contributed by atoms with van der Waals surface area (Å²) in [6.45, 7) is 0.901. The molecule has 7 heteroatoms. The molecule has 1 saturated heterocycles. The fraction of sp³-hybridized carbons (Fsp3) is 0.250. The SMILES string of the molecule is O=C(O)C=Cc1csc(CN2CC(=O)NC(=O)C2)c1.